The Balaban J connectivity index is 1.24. The van der Waals surface area contributed by atoms with Crippen LogP contribution in [0.15, 0.2) is 84.9 Å². The van der Waals surface area contributed by atoms with E-state index < -0.39 is 41.8 Å². The zero-order valence-electron chi connectivity index (χ0n) is 27.2. The van der Waals surface area contributed by atoms with Crippen molar-refractivity contribution in [2.24, 2.45) is 17.3 Å². The maximum atomic E-state index is 14.5. The van der Waals surface area contributed by atoms with Gasteiger partial charge in [0.1, 0.15) is 16.7 Å². The van der Waals surface area contributed by atoms with Crippen LogP contribution in [0, 0.1) is 17.3 Å². The van der Waals surface area contributed by atoms with Gasteiger partial charge in [-0.25, -0.2) is 19.6 Å². The van der Waals surface area contributed by atoms with Gasteiger partial charge >= 0.3 is 11.9 Å². The van der Waals surface area contributed by atoms with Crippen LogP contribution in [0.2, 0.25) is 0 Å². The molecule has 7 rings (SSSR count). The van der Waals surface area contributed by atoms with E-state index in [-0.39, 0.29) is 5.41 Å². The van der Waals surface area contributed by atoms with E-state index in [1.54, 1.807) is 53.6 Å². The Labute approximate surface area is 283 Å². The summed E-state index contributed by atoms with van der Waals surface area (Å²) in [5, 5.41) is 1.92. The Morgan fingerprint density at radius 3 is 2.19 bits per heavy atom. The van der Waals surface area contributed by atoms with E-state index in [2.05, 4.69) is 20.8 Å². The van der Waals surface area contributed by atoms with Gasteiger partial charge in [0.2, 0.25) is 5.91 Å². The second-order valence-corrected chi connectivity index (χ2v) is 14.6. The van der Waals surface area contributed by atoms with Gasteiger partial charge in [-0.2, -0.15) is 0 Å². The van der Waals surface area contributed by atoms with Crippen molar-refractivity contribution < 1.29 is 33.5 Å². The van der Waals surface area contributed by atoms with Gasteiger partial charge in [-0.15, -0.1) is 11.3 Å². The van der Waals surface area contributed by atoms with Crippen molar-refractivity contribution in [3.8, 4) is 5.75 Å². The number of fused-ring (bicyclic) bond motifs is 2. The molecule has 2 fully saturated rings. The number of ether oxygens (including phenoxy) is 2. The molecule has 3 aliphatic rings. The van der Waals surface area contributed by atoms with Gasteiger partial charge in [-0.3, -0.25) is 14.4 Å². The highest BCUT2D eigenvalue weighted by Gasteiger charge is 2.61. The summed E-state index contributed by atoms with van der Waals surface area (Å²) in [7, 11) is 1.32. The number of para-hydroxylation sites is 1. The van der Waals surface area contributed by atoms with Gasteiger partial charge in [0.05, 0.1) is 30.0 Å². The highest BCUT2D eigenvalue weighted by atomic mass is 32.1. The summed E-state index contributed by atoms with van der Waals surface area (Å²) in [5.74, 6) is -2.17. The molecular formula is C38H36N2O7S. The molecule has 1 aromatic heterocycles. The Morgan fingerprint density at radius 2 is 1.54 bits per heavy atom. The van der Waals surface area contributed by atoms with E-state index in [0.717, 1.165) is 28.2 Å². The molecular weight excluding hydrogens is 628 g/mol. The monoisotopic (exact) mass is 664 g/mol. The quantitative estimate of drug-likeness (QED) is 0.124. The van der Waals surface area contributed by atoms with Crippen molar-refractivity contribution in [2.45, 2.75) is 52.2 Å². The molecule has 3 heterocycles. The number of hydrogen-bond donors (Lipinski definition) is 0. The first kappa shape index (κ1) is 31.8. The van der Waals surface area contributed by atoms with E-state index in [1.807, 2.05) is 36.4 Å². The number of methoxy groups -OCH3 is 1. The van der Waals surface area contributed by atoms with E-state index in [0.29, 0.717) is 45.5 Å². The van der Waals surface area contributed by atoms with Crippen molar-refractivity contribution >= 4 is 45.8 Å². The maximum Gasteiger partial charge on any atom is 0.343 e. The average Bonchev–Trinajstić information content (AvgIpc) is 3.74. The van der Waals surface area contributed by atoms with E-state index >= 15 is 0 Å². The summed E-state index contributed by atoms with van der Waals surface area (Å²) in [5.41, 5.74) is 3.03. The zero-order valence-corrected chi connectivity index (χ0v) is 28.0. The predicted octanol–water partition coefficient (Wildman–Crippen LogP) is 6.96. The number of anilines is 2. The number of thiophene rings is 1. The molecule has 9 nitrogen and oxygen atoms in total. The van der Waals surface area contributed by atoms with Gasteiger partial charge in [0, 0.05) is 4.88 Å². The lowest BCUT2D eigenvalue weighted by atomic mass is 9.72. The second kappa shape index (κ2) is 12.3. The van der Waals surface area contributed by atoms with Crippen LogP contribution in [0.1, 0.15) is 70.0 Å². The van der Waals surface area contributed by atoms with Crippen LogP contribution in [-0.2, 0) is 32.0 Å². The third-order valence-electron chi connectivity index (χ3n) is 9.63. The molecule has 2 saturated heterocycles. The zero-order chi connectivity index (χ0) is 33.7. The normalized spacial score (nSPS) is 22.0. The van der Waals surface area contributed by atoms with Gasteiger partial charge in [0.25, 0.3) is 5.91 Å². The smallest absolute Gasteiger partial charge is 0.343 e. The number of benzene rings is 3. The van der Waals surface area contributed by atoms with Gasteiger partial charge in [0.15, 0.2) is 6.10 Å². The summed E-state index contributed by atoms with van der Waals surface area (Å²) >= 11 is 1.33. The van der Waals surface area contributed by atoms with E-state index in [1.165, 1.54) is 18.4 Å². The van der Waals surface area contributed by atoms with Crippen LogP contribution in [0.3, 0.4) is 0 Å². The minimum atomic E-state index is -1.11. The molecule has 48 heavy (non-hydrogen) atoms. The first-order valence-corrected chi connectivity index (χ1v) is 16.9. The summed E-state index contributed by atoms with van der Waals surface area (Å²) in [6.45, 7) is 6.63. The largest absolute Gasteiger partial charge is 0.465 e. The molecule has 3 aromatic carbocycles. The lowest BCUT2D eigenvalue weighted by Crippen LogP contribution is -2.37. The number of amides is 2. The van der Waals surface area contributed by atoms with Crippen LogP contribution in [0.4, 0.5) is 10.7 Å². The molecule has 0 saturated carbocycles. The van der Waals surface area contributed by atoms with Gasteiger partial charge in [-0.05, 0) is 78.1 Å². The molecule has 2 aliphatic heterocycles. The number of carbonyl (C=O) groups is 4. The number of imide groups is 1. The third-order valence-corrected chi connectivity index (χ3v) is 10.9. The third kappa shape index (κ3) is 5.48. The Morgan fingerprint density at radius 1 is 0.875 bits per heavy atom. The molecule has 0 radical (unpaired) electrons. The molecule has 0 spiro atoms. The predicted molar refractivity (Wildman–Crippen MR) is 181 cm³/mol. The first-order chi connectivity index (χ1) is 23.1. The van der Waals surface area contributed by atoms with Crippen molar-refractivity contribution in [2.75, 3.05) is 17.1 Å². The minimum Gasteiger partial charge on any atom is -0.465 e. The van der Waals surface area contributed by atoms with Crippen LogP contribution < -0.4 is 14.7 Å². The molecule has 246 valence electrons. The summed E-state index contributed by atoms with van der Waals surface area (Å²) < 4.78 is 10.8. The molecule has 0 unspecified atom stereocenters. The van der Waals surface area contributed by atoms with E-state index in [9.17, 15) is 19.2 Å². The molecule has 4 aromatic rings. The lowest BCUT2D eigenvalue weighted by molar-refractivity contribution is -0.126. The minimum absolute atomic E-state index is 0.0704. The SMILES string of the molecule is COC(=O)c1c(N2C(=O)[C@H]3[C@@H](c4ccc(OC(=O)c5ccccc5)cc4)N(c4ccccc4)O[C@H]3C2=O)sc2c1CC[C@@H](C(C)(C)C)C2. The summed E-state index contributed by atoms with van der Waals surface area (Å²) in [6.07, 6.45) is 1.23. The number of hydrogen-bond acceptors (Lipinski definition) is 9. The fourth-order valence-corrected chi connectivity index (χ4v) is 8.43. The van der Waals surface area contributed by atoms with Crippen LogP contribution in [0.25, 0.3) is 0 Å². The highest BCUT2D eigenvalue weighted by molar-refractivity contribution is 7.17. The van der Waals surface area contributed by atoms with Crippen molar-refractivity contribution in [1.82, 2.24) is 0 Å². The first-order valence-electron chi connectivity index (χ1n) is 16.1. The Hall–Kier alpha value is -4.80. The summed E-state index contributed by atoms with van der Waals surface area (Å²) in [6, 6.07) is 24.2. The van der Waals surface area contributed by atoms with Crippen molar-refractivity contribution in [1.29, 1.82) is 0 Å². The number of nitrogens with zero attached hydrogens (tertiary/aromatic N) is 2. The van der Waals surface area contributed by atoms with Gasteiger partial charge < -0.3 is 9.47 Å². The molecule has 1 aliphatic carbocycles. The molecule has 2 amide bonds. The number of carbonyl (C=O) groups excluding carboxylic acids is 4. The van der Waals surface area contributed by atoms with Crippen molar-refractivity contribution in [3.05, 3.63) is 112 Å². The maximum absolute atomic E-state index is 14.5. The highest BCUT2D eigenvalue weighted by Crippen LogP contribution is 2.51. The lowest BCUT2D eigenvalue weighted by Gasteiger charge is -2.33. The summed E-state index contributed by atoms with van der Waals surface area (Å²) in [4.78, 5) is 63.1. The average molecular weight is 665 g/mol. The van der Waals surface area contributed by atoms with Gasteiger partial charge in [-0.1, -0.05) is 69.3 Å². The van der Waals surface area contributed by atoms with Crippen molar-refractivity contribution in [3.63, 3.8) is 0 Å². The number of hydroxylamine groups is 1. The molecule has 4 atom stereocenters. The van der Waals surface area contributed by atoms with E-state index in [4.69, 9.17) is 14.3 Å². The Bertz CT molecular complexity index is 1880. The second-order valence-electron chi connectivity index (χ2n) is 13.5. The number of esters is 2. The fraction of sp³-hybridized carbons (Fsp3) is 0.316. The topological polar surface area (TPSA) is 102 Å². The number of rotatable bonds is 6. The Kier molecular flexibility index (Phi) is 8.17. The molecule has 0 bridgehead atoms. The van der Waals surface area contributed by atoms with Crippen LogP contribution in [0.5, 0.6) is 5.75 Å². The van der Waals surface area contributed by atoms with Crippen LogP contribution in [-0.4, -0.2) is 37.0 Å². The standard InChI is InChI=1S/C38H36N2O7S/c1-38(2,3)24-17-20-27-28(21-24)48-35(29(27)37(44)45-4)39-33(41)30-31(40(47-32(30)34(39)42)25-13-9-6-10-14-25)22-15-18-26(19-16-22)46-36(43)23-11-7-5-8-12-23/h5-16,18-19,24,30-32H,17,20-21H2,1-4H3/t24-,30+,31-,32-/m1/s1. The van der Waals surface area contributed by atoms with Crippen LogP contribution >= 0.6 is 11.3 Å². The fourth-order valence-electron chi connectivity index (χ4n) is 7.01. The molecule has 10 heteroatoms. The molecule has 0 N–H and O–H groups in total.